The van der Waals surface area contributed by atoms with Crippen molar-refractivity contribution in [3.8, 4) is 11.8 Å². The van der Waals surface area contributed by atoms with Crippen LogP contribution in [0.2, 0.25) is 5.02 Å². The number of nitrogens with zero attached hydrogens (tertiary/aromatic N) is 2. The molecular weight excluding hydrogens is 361 g/mol. The lowest BCUT2D eigenvalue weighted by molar-refractivity contribution is 0.0885. The van der Waals surface area contributed by atoms with Crippen LogP contribution in [-0.2, 0) is 0 Å². The summed E-state index contributed by atoms with van der Waals surface area (Å²) in [5, 5.41) is 2.96. The van der Waals surface area contributed by atoms with Crippen molar-refractivity contribution >= 4 is 17.5 Å². The first-order valence-electron chi connectivity index (χ1n) is 8.34. The van der Waals surface area contributed by atoms with Gasteiger partial charge >= 0.3 is 0 Å². The van der Waals surface area contributed by atoms with Crippen LogP contribution in [0.15, 0.2) is 30.6 Å². The van der Waals surface area contributed by atoms with E-state index in [1.54, 1.807) is 0 Å². The Hall–Kier alpha value is -2.41. The number of carbonyl (C=O) groups excluding carboxylic acids is 1. The topological polar surface area (TPSA) is 73.3 Å². The van der Waals surface area contributed by atoms with Gasteiger partial charge in [-0.2, -0.15) is 4.98 Å². The molecular formula is C18H19ClFN3O3. The van der Waals surface area contributed by atoms with Crippen LogP contribution in [0.3, 0.4) is 0 Å². The molecule has 0 atom stereocenters. The van der Waals surface area contributed by atoms with E-state index < -0.39 is 11.7 Å². The van der Waals surface area contributed by atoms with Gasteiger partial charge in [0.05, 0.1) is 30.1 Å². The van der Waals surface area contributed by atoms with Crippen molar-refractivity contribution in [3.63, 3.8) is 0 Å². The second-order valence-corrected chi connectivity index (χ2v) is 6.47. The first kappa shape index (κ1) is 18.4. The van der Waals surface area contributed by atoms with E-state index in [1.165, 1.54) is 37.7 Å². The zero-order chi connectivity index (χ0) is 18.5. The van der Waals surface area contributed by atoms with Gasteiger partial charge in [-0.25, -0.2) is 4.39 Å². The largest absolute Gasteiger partial charge is 0.480 e. The van der Waals surface area contributed by atoms with Gasteiger partial charge in [-0.1, -0.05) is 17.7 Å². The van der Waals surface area contributed by atoms with Crippen molar-refractivity contribution in [2.45, 2.75) is 37.8 Å². The van der Waals surface area contributed by atoms with Crippen LogP contribution >= 0.6 is 11.6 Å². The summed E-state index contributed by atoms with van der Waals surface area (Å²) in [6.07, 6.45) is 5.97. The van der Waals surface area contributed by atoms with Gasteiger partial charge in [0.2, 0.25) is 11.8 Å². The summed E-state index contributed by atoms with van der Waals surface area (Å²) in [5.41, 5.74) is -0.112. The third-order valence-corrected chi connectivity index (χ3v) is 4.60. The number of benzene rings is 1. The Morgan fingerprint density at radius 1 is 1.23 bits per heavy atom. The summed E-state index contributed by atoms with van der Waals surface area (Å²) in [6.45, 7) is 0. The maximum atomic E-state index is 13.8. The Balaban J connectivity index is 1.53. The second-order valence-electron chi connectivity index (χ2n) is 6.06. The minimum absolute atomic E-state index is 0.0124. The summed E-state index contributed by atoms with van der Waals surface area (Å²) >= 11 is 5.94. The Morgan fingerprint density at radius 3 is 2.65 bits per heavy atom. The molecule has 1 aromatic carbocycles. The van der Waals surface area contributed by atoms with Gasteiger partial charge in [0, 0.05) is 6.04 Å². The monoisotopic (exact) mass is 379 g/mol. The van der Waals surface area contributed by atoms with Crippen molar-refractivity contribution in [1.82, 2.24) is 15.3 Å². The fourth-order valence-corrected chi connectivity index (χ4v) is 3.20. The van der Waals surface area contributed by atoms with Crippen LogP contribution in [0.25, 0.3) is 0 Å². The molecule has 1 amide bonds. The first-order chi connectivity index (χ1) is 12.6. The van der Waals surface area contributed by atoms with Crippen molar-refractivity contribution in [3.05, 3.63) is 47.0 Å². The summed E-state index contributed by atoms with van der Waals surface area (Å²) < 4.78 is 24.7. The fourth-order valence-electron chi connectivity index (χ4n) is 2.95. The molecule has 0 radical (unpaired) electrons. The molecule has 0 unspecified atom stereocenters. The molecule has 0 bridgehead atoms. The van der Waals surface area contributed by atoms with Crippen LogP contribution in [0.1, 0.15) is 36.0 Å². The molecule has 0 aliphatic heterocycles. The molecule has 1 N–H and O–H groups in total. The number of aromatic nitrogens is 2. The molecule has 1 aliphatic rings. The SMILES string of the molecule is COc1cncc(OC2CCC(NC(=O)c3c(F)cccc3Cl)CC2)n1. The highest BCUT2D eigenvalue weighted by molar-refractivity contribution is 6.33. The van der Waals surface area contributed by atoms with Gasteiger partial charge in [-0.05, 0) is 37.8 Å². The molecule has 1 heterocycles. The summed E-state index contributed by atoms with van der Waals surface area (Å²) in [4.78, 5) is 20.5. The van der Waals surface area contributed by atoms with Gasteiger partial charge in [0.15, 0.2) is 0 Å². The van der Waals surface area contributed by atoms with Gasteiger partial charge in [0.25, 0.3) is 5.91 Å². The lowest BCUT2D eigenvalue weighted by Gasteiger charge is -2.29. The lowest BCUT2D eigenvalue weighted by atomic mass is 9.92. The Labute approximate surface area is 155 Å². The minimum Gasteiger partial charge on any atom is -0.480 e. The van der Waals surface area contributed by atoms with Gasteiger partial charge in [-0.15, -0.1) is 0 Å². The highest BCUT2D eigenvalue weighted by atomic mass is 35.5. The van der Waals surface area contributed by atoms with Crippen LogP contribution in [-0.4, -0.2) is 35.1 Å². The second kappa shape index (κ2) is 8.31. The fraction of sp³-hybridized carbons (Fsp3) is 0.389. The van der Waals surface area contributed by atoms with Crippen molar-refractivity contribution in [2.24, 2.45) is 0 Å². The molecule has 2 aromatic rings. The number of nitrogens with one attached hydrogen (secondary N) is 1. The van der Waals surface area contributed by atoms with Crippen LogP contribution < -0.4 is 14.8 Å². The number of methoxy groups -OCH3 is 1. The standard InChI is InChI=1S/C18H19ClFN3O3/c1-25-15-9-21-10-16(23-15)26-12-7-5-11(6-8-12)22-18(24)17-13(19)3-2-4-14(17)20/h2-4,9-12H,5-8H2,1H3,(H,22,24). The predicted octanol–water partition coefficient (Wildman–Crippen LogP) is 3.40. The van der Waals surface area contributed by atoms with E-state index in [9.17, 15) is 9.18 Å². The van der Waals surface area contributed by atoms with Gasteiger partial charge in [0.1, 0.15) is 11.9 Å². The van der Waals surface area contributed by atoms with Gasteiger partial charge in [-0.3, -0.25) is 9.78 Å². The number of halogens is 2. The van der Waals surface area contributed by atoms with Crippen LogP contribution in [0.4, 0.5) is 4.39 Å². The lowest BCUT2D eigenvalue weighted by Crippen LogP contribution is -2.40. The summed E-state index contributed by atoms with van der Waals surface area (Å²) in [7, 11) is 1.52. The van der Waals surface area contributed by atoms with Crippen LogP contribution in [0, 0.1) is 5.82 Å². The highest BCUT2D eigenvalue weighted by Gasteiger charge is 2.26. The number of ether oxygens (including phenoxy) is 2. The zero-order valence-corrected chi connectivity index (χ0v) is 15.0. The van der Waals surface area contributed by atoms with Crippen molar-refractivity contribution < 1.29 is 18.7 Å². The van der Waals surface area contributed by atoms with Crippen LogP contribution in [0.5, 0.6) is 11.8 Å². The number of carbonyl (C=O) groups is 1. The molecule has 1 saturated carbocycles. The Kier molecular flexibility index (Phi) is 5.88. The smallest absolute Gasteiger partial charge is 0.255 e. The van der Waals surface area contributed by atoms with E-state index in [1.807, 2.05) is 0 Å². The highest BCUT2D eigenvalue weighted by Crippen LogP contribution is 2.25. The Bertz CT molecular complexity index is 762. The normalized spacial score (nSPS) is 19.7. The van der Waals surface area contributed by atoms with Crippen molar-refractivity contribution in [1.29, 1.82) is 0 Å². The summed E-state index contributed by atoms with van der Waals surface area (Å²) in [6, 6.07) is 4.15. The number of hydrogen-bond acceptors (Lipinski definition) is 5. The third-order valence-electron chi connectivity index (χ3n) is 4.29. The predicted molar refractivity (Wildman–Crippen MR) is 94.1 cm³/mol. The van der Waals surface area contributed by atoms with E-state index >= 15 is 0 Å². The molecule has 6 nitrogen and oxygen atoms in total. The molecule has 8 heteroatoms. The maximum absolute atomic E-state index is 13.8. The Morgan fingerprint density at radius 2 is 1.96 bits per heavy atom. The quantitative estimate of drug-likeness (QED) is 0.861. The number of rotatable bonds is 5. The molecule has 1 aromatic heterocycles. The molecule has 1 aliphatic carbocycles. The minimum atomic E-state index is -0.622. The average molecular weight is 380 g/mol. The first-order valence-corrected chi connectivity index (χ1v) is 8.72. The van der Waals surface area contributed by atoms with E-state index in [2.05, 4.69) is 15.3 Å². The molecule has 0 saturated heterocycles. The van der Waals surface area contributed by atoms with E-state index in [-0.39, 0.29) is 22.7 Å². The van der Waals surface area contributed by atoms with Crippen molar-refractivity contribution in [2.75, 3.05) is 7.11 Å². The van der Waals surface area contributed by atoms with E-state index in [4.69, 9.17) is 21.1 Å². The molecule has 1 fully saturated rings. The van der Waals surface area contributed by atoms with Gasteiger partial charge < -0.3 is 14.8 Å². The third kappa shape index (κ3) is 4.40. The van der Waals surface area contributed by atoms with E-state index in [0.29, 0.717) is 11.8 Å². The van der Waals surface area contributed by atoms with E-state index in [0.717, 1.165) is 25.7 Å². The maximum Gasteiger partial charge on any atom is 0.255 e. The zero-order valence-electron chi connectivity index (χ0n) is 14.2. The molecule has 3 rings (SSSR count). The summed E-state index contributed by atoms with van der Waals surface area (Å²) in [5.74, 6) is -0.306. The molecule has 26 heavy (non-hydrogen) atoms. The number of amides is 1. The molecule has 0 spiro atoms. The average Bonchev–Trinajstić information content (AvgIpc) is 2.63. The molecule has 138 valence electrons. The number of hydrogen-bond donors (Lipinski definition) is 1.